The monoisotopic (exact) mass is 371 g/mol. The molecule has 1 saturated carbocycles. The lowest BCUT2D eigenvalue weighted by molar-refractivity contribution is -0.117. The van der Waals surface area contributed by atoms with Gasteiger partial charge in [0.25, 0.3) is 5.91 Å². The number of halogens is 1. The van der Waals surface area contributed by atoms with Crippen molar-refractivity contribution in [2.45, 2.75) is 12.8 Å². The van der Waals surface area contributed by atoms with E-state index in [9.17, 15) is 9.59 Å². The van der Waals surface area contributed by atoms with Gasteiger partial charge in [0.15, 0.2) is 0 Å². The number of amides is 2. The van der Waals surface area contributed by atoms with Crippen LogP contribution in [0, 0.1) is 5.92 Å². The zero-order valence-electron chi connectivity index (χ0n) is 13.1. The van der Waals surface area contributed by atoms with E-state index in [0.717, 1.165) is 18.2 Å². The lowest BCUT2D eigenvalue weighted by atomic mass is 10.2. The van der Waals surface area contributed by atoms with Crippen LogP contribution in [0.25, 0.3) is 10.9 Å². The average Bonchev–Trinajstić information content (AvgIpc) is 3.34. The van der Waals surface area contributed by atoms with Crippen molar-refractivity contribution in [3.05, 3.63) is 52.5 Å². The highest BCUT2D eigenvalue weighted by Crippen LogP contribution is 2.32. The maximum atomic E-state index is 12.5. The molecule has 1 aromatic carbocycles. The van der Waals surface area contributed by atoms with Crippen LogP contribution < -0.4 is 10.6 Å². The first-order valence-electron chi connectivity index (χ1n) is 7.86. The van der Waals surface area contributed by atoms with Crippen molar-refractivity contribution in [2.75, 3.05) is 10.6 Å². The molecule has 5 nitrogen and oxygen atoms in total. The average molecular weight is 372 g/mol. The molecule has 1 fully saturated rings. The Morgan fingerprint density at radius 3 is 2.80 bits per heavy atom. The summed E-state index contributed by atoms with van der Waals surface area (Å²) in [5.74, 6) is -0.103. The summed E-state index contributed by atoms with van der Waals surface area (Å²) in [4.78, 5) is 29.2. The first-order chi connectivity index (χ1) is 12.1. The maximum Gasteiger partial charge on any atom is 0.265 e. The van der Waals surface area contributed by atoms with Crippen LogP contribution in [0.5, 0.6) is 0 Å². The second-order valence-electron chi connectivity index (χ2n) is 5.91. The van der Waals surface area contributed by atoms with E-state index < -0.39 is 0 Å². The highest BCUT2D eigenvalue weighted by molar-refractivity contribution is 7.18. The largest absolute Gasteiger partial charge is 0.319 e. The van der Waals surface area contributed by atoms with Crippen molar-refractivity contribution < 1.29 is 9.59 Å². The summed E-state index contributed by atoms with van der Waals surface area (Å²) in [5.41, 5.74) is 1.24. The fourth-order valence-corrected chi connectivity index (χ4v) is 3.56. The number of carbonyl (C=O) groups is 2. The van der Waals surface area contributed by atoms with Gasteiger partial charge in [0.1, 0.15) is 0 Å². The Morgan fingerprint density at radius 2 is 2.00 bits per heavy atom. The Hall–Kier alpha value is -2.44. The minimum atomic E-state index is -0.258. The molecule has 0 spiro atoms. The van der Waals surface area contributed by atoms with Gasteiger partial charge >= 0.3 is 0 Å². The first kappa shape index (κ1) is 16.1. The molecule has 1 aliphatic rings. The number of aromatic nitrogens is 1. The van der Waals surface area contributed by atoms with Crippen LogP contribution in [0.15, 0.2) is 42.6 Å². The zero-order valence-corrected chi connectivity index (χ0v) is 14.7. The highest BCUT2D eigenvalue weighted by atomic mass is 35.5. The molecule has 2 heterocycles. The van der Waals surface area contributed by atoms with Gasteiger partial charge in [0.2, 0.25) is 5.91 Å². The summed E-state index contributed by atoms with van der Waals surface area (Å²) in [7, 11) is 0. The van der Waals surface area contributed by atoms with Gasteiger partial charge in [-0.1, -0.05) is 17.7 Å². The topological polar surface area (TPSA) is 71.1 Å². The van der Waals surface area contributed by atoms with Gasteiger partial charge in [-0.15, -0.1) is 11.3 Å². The third-order valence-corrected chi connectivity index (χ3v) is 5.16. The summed E-state index contributed by atoms with van der Waals surface area (Å²) in [6.45, 7) is 0. The number of hydrogen-bond donors (Lipinski definition) is 2. The number of nitrogens with zero attached hydrogens (tertiary/aromatic N) is 1. The second-order valence-corrected chi connectivity index (χ2v) is 7.43. The molecule has 0 aliphatic heterocycles. The predicted octanol–water partition coefficient (Wildman–Crippen LogP) is 4.55. The number of pyridine rings is 1. The Bertz CT molecular complexity index is 981. The van der Waals surface area contributed by atoms with E-state index >= 15 is 0 Å². The van der Waals surface area contributed by atoms with Crippen LogP contribution >= 0.6 is 22.9 Å². The van der Waals surface area contributed by atoms with E-state index in [1.807, 2.05) is 12.1 Å². The molecule has 0 saturated heterocycles. The third-order valence-electron chi connectivity index (χ3n) is 3.94. The van der Waals surface area contributed by atoms with Crippen LogP contribution in [0.1, 0.15) is 22.5 Å². The quantitative estimate of drug-likeness (QED) is 0.706. The molecule has 2 N–H and O–H groups in total. The third kappa shape index (κ3) is 3.50. The molecule has 25 heavy (non-hydrogen) atoms. The number of rotatable bonds is 4. The molecule has 2 aromatic heterocycles. The van der Waals surface area contributed by atoms with E-state index in [1.165, 1.54) is 11.3 Å². The van der Waals surface area contributed by atoms with Crippen LogP contribution in [0.2, 0.25) is 5.02 Å². The van der Waals surface area contributed by atoms with Gasteiger partial charge in [-0.3, -0.25) is 14.6 Å². The number of benzene rings is 1. The fraction of sp³-hybridized carbons (Fsp3) is 0.167. The summed E-state index contributed by atoms with van der Waals surface area (Å²) < 4.78 is 0. The summed E-state index contributed by atoms with van der Waals surface area (Å²) in [6.07, 6.45) is 3.56. The number of carbonyl (C=O) groups excluding carboxylic acids is 2. The fourth-order valence-electron chi connectivity index (χ4n) is 2.53. The molecule has 7 heteroatoms. The first-order valence-corrected chi connectivity index (χ1v) is 9.06. The van der Waals surface area contributed by atoms with Crippen LogP contribution in [0.3, 0.4) is 0 Å². The molecular weight excluding hydrogens is 358 g/mol. The molecular formula is C18H14ClN3O2S. The molecule has 0 atom stereocenters. The van der Waals surface area contributed by atoms with Crippen molar-refractivity contribution in [3.63, 3.8) is 0 Å². The van der Waals surface area contributed by atoms with E-state index in [1.54, 1.807) is 30.5 Å². The summed E-state index contributed by atoms with van der Waals surface area (Å²) >= 11 is 7.37. The molecule has 1 aliphatic carbocycles. The maximum absolute atomic E-state index is 12.5. The number of nitrogens with one attached hydrogen (secondary N) is 2. The lowest BCUT2D eigenvalue weighted by Crippen LogP contribution is -2.12. The molecule has 2 amide bonds. The van der Waals surface area contributed by atoms with Crippen LogP contribution in [0.4, 0.5) is 10.7 Å². The standard InChI is InChI=1S/C18H14ClN3O2S/c19-12-8-11-2-1-7-20-16(11)13(9-12)21-18(24)14-5-6-15(25-14)22-17(23)10-3-4-10/h1-2,5-10H,3-4H2,(H,21,24)(H,22,23). The number of fused-ring (bicyclic) bond motifs is 1. The van der Waals surface area contributed by atoms with E-state index in [0.29, 0.717) is 26.1 Å². The summed E-state index contributed by atoms with van der Waals surface area (Å²) in [5, 5.41) is 7.76. The molecule has 0 bridgehead atoms. The van der Waals surface area contributed by atoms with Gasteiger partial charge in [-0.25, -0.2) is 0 Å². The van der Waals surface area contributed by atoms with Crippen LogP contribution in [-0.4, -0.2) is 16.8 Å². The van der Waals surface area contributed by atoms with E-state index in [4.69, 9.17) is 11.6 Å². The molecule has 3 aromatic rings. The number of hydrogen-bond acceptors (Lipinski definition) is 4. The van der Waals surface area contributed by atoms with Gasteiger partial charge in [-0.2, -0.15) is 0 Å². The molecule has 126 valence electrons. The van der Waals surface area contributed by atoms with Gasteiger partial charge in [-0.05, 0) is 43.2 Å². The van der Waals surface area contributed by atoms with Crippen molar-refractivity contribution in [1.29, 1.82) is 0 Å². The van der Waals surface area contributed by atoms with Gasteiger partial charge < -0.3 is 10.6 Å². The molecule has 0 radical (unpaired) electrons. The van der Waals surface area contributed by atoms with E-state index in [2.05, 4.69) is 15.6 Å². The predicted molar refractivity (Wildman–Crippen MR) is 100 cm³/mol. The number of anilines is 2. The Morgan fingerprint density at radius 1 is 1.16 bits per heavy atom. The Balaban J connectivity index is 1.54. The zero-order chi connectivity index (χ0) is 17.4. The minimum absolute atomic E-state index is 0.0267. The van der Waals surface area contributed by atoms with Crippen LogP contribution in [-0.2, 0) is 4.79 Å². The van der Waals surface area contributed by atoms with Crippen molar-refractivity contribution in [2.24, 2.45) is 5.92 Å². The lowest BCUT2D eigenvalue weighted by Gasteiger charge is -2.08. The smallest absolute Gasteiger partial charge is 0.265 e. The van der Waals surface area contributed by atoms with Gasteiger partial charge in [0, 0.05) is 22.5 Å². The number of thiophene rings is 1. The minimum Gasteiger partial charge on any atom is -0.319 e. The van der Waals surface area contributed by atoms with Crippen molar-refractivity contribution >= 4 is 56.3 Å². The van der Waals surface area contributed by atoms with Crippen molar-refractivity contribution in [1.82, 2.24) is 4.98 Å². The summed E-state index contributed by atoms with van der Waals surface area (Å²) in [6, 6.07) is 10.6. The second kappa shape index (κ2) is 6.46. The van der Waals surface area contributed by atoms with E-state index in [-0.39, 0.29) is 17.7 Å². The molecule has 0 unspecified atom stereocenters. The highest BCUT2D eigenvalue weighted by Gasteiger charge is 2.29. The van der Waals surface area contributed by atoms with Crippen molar-refractivity contribution in [3.8, 4) is 0 Å². The van der Waals surface area contributed by atoms with Gasteiger partial charge in [0.05, 0.1) is 21.1 Å². The normalized spacial score (nSPS) is 13.6. The molecule has 4 rings (SSSR count). The SMILES string of the molecule is O=C(Nc1cc(Cl)cc2cccnc12)c1ccc(NC(=O)C2CC2)s1. The Kier molecular flexibility index (Phi) is 4.15. The Labute approximate surface area is 153 Å².